The maximum Gasteiger partial charge on any atom is 0.322 e. The molecule has 4 N–H and O–H groups in total. The van der Waals surface area contributed by atoms with E-state index >= 15 is 0 Å². The molecule has 0 bridgehead atoms. The second-order valence-electron chi connectivity index (χ2n) is 9.33. The van der Waals surface area contributed by atoms with Crippen LogP contribution < -0.4 is 15.4 Å². The topological polar surface area (TPSA) is 146 Å². The molecule has 1 aliphatic heterocycles. The second-order valence-corrected chi connectivity index (χ2v) is 11.0. The van der Waals surface area contributed by atoms with Crippen LogP contribution in [0.2, 0.25) is 0 Å². The fraction of sp³-hybridized carbons (Fsp3) is 0.296. The van der Waals surface area contributed by atoms with Gasteiger partial charge in [0.1, 0.15) is 11.7 Å². The Balaban J connectivity index is 1.40. The Bertz CT molecular complexity index is 1520. The standard InChI is InChI=1S/C27H29N5O5S/c1-18(2)24(27(34)35)30-38(36,37)32-15-13-31(14-16-32)22-9-6-19(7-10-22)3-4-20-5-8-21-11-12-29-25(26(28)33)23(21)17-20/h5-12,17-18,24,30H,13-16H2,1-2H3,(H2,28,33)(H,34,35). The van der Waals surface area contributed by atoms with Crippen LogP contribution in [0.4, 0.5) is 5.69 Å². The van der Waals surface area contributed by atoms with Crippen LogP contribution in [-0.2, 0) is 15.0 Å². The molecule has 1 aliphatic rings. The summed E-state index contributed by atoms with van der Waals surface area (Å²) in [4.78, 5) is 29.2. The van der Waals surface area contributed by atoms with Crippen LogP contribution in [0.3, 0.4) is 0 Å². The average Bonchev–Trinajstić information content (AvgIpc) is 2.90. The van der Waals surface area contributed by atoms with Crippen molar-refractivity contribution in [2.75, 3.05) is 31.1 Å². The summed E-state index contributed by atoms with van der Waals surface area (Å²) in [7, 11) is -3.91. The zero-order valence-electron chi connectivity index (χ0n) is 21.1. The molecule has 1 aromatic heterocycles. The van der Waals surface area contributed by atoms with Gasteiger partial charge in [0.2, 0.25) is 0 Å². The lowest BCUT2D eigenvalue weighted by molar-refractivity contribution is -0.140. The van der Waals surface area contributed by atoms with Crippen molar-refractivity contribution in [2.24, 2.45) is 11.7 Å². The molecule has 10 nitrogen and oxygen atoms in total. The van der Waals surface area contributed by atoms with Gasteiger partial charge in [0.15, 0.2) is 0 Å². The number of primary amides is 1. The third-order valence-corrected chi connectivity index (χ3v) is 7.97. The van der Waals surface area contributed by atoms with Crippen LogP contribution in [0.15, 0.2) is 54.7 Å². The molecule has 1 atom stereocenters. The van der Waals surface area contributed by atoms with Crippen LogP contribution >= 0.6 is 0 Å². The van der Waals surface area contributed by atoms with Gasteiger partial charge >= 0.3 is 5.97 Å². The summed E-state index contributed by atoms with van der Waals surface area (Å²) < 4.78 is 29.0. The molecule has 38 heavy (non-hydrogen) atoms. The SMILES string of the molecule is CC(C)C(NS(=O)(=O)N1CCN(c2ccc(C#Cc3ccc4ccnc(C(N)=O)c4c3)cc2)CC1)C(=O)O. The lowest BCUT2D eigenvalue weighted by Gasteiger charge is -2.36. The number of anilines is 1. The van der Waals surface area contributed by atoms with Crippen molar-refractivity contribution in [3.63, 3.8) is 0 Å². The first-order valence-electron chi connectivity index (χ1n) is 12.1. The predicted octanol–water partition coefficient (Wildman–Crippen LogP) is 1.80. The van der Waals surface area contributed by atoms with Gasteiger partial charge in [-0.3, -0.25) is 14.6 Å². The summed E-state index contributed by atoms with van der Waals surface area (Å²) in [5.41, 5.74) is 8.12. The number of piperazine rings is 1. The van der Waals surface area contributed by atoms with E-state index in [1.165, 1.54) is 4.31 Å². The molecule has 1 saturated heterocycles. The number of nitrogens with two attached hydrogens (primary N) is 1. The van der Waals surface area contributed by atoms with Gasteiger partial charge < -0.3 is 15.7 Å². The van der Waals surface area contributed by atoms with Gasteiger partial charge in [0, 0.05) is 54.6 Å². The first-order valence-corrected chi connectivity index (χ1v) is 13.5. The number of rotatable bonds is 7. The molecule has 198 valence electrons. The van der Waals surface area contributed by atoms with Crippen LogP contribution in [-0.4, -0.2) is 66.9 Å². The third-order valence-electron chi connectivity index (χ3n) is 6.37. The fourth-order valence-corrected chi connectivity index (χ4v) is 5.72. The number of aromatic nitrogens is 1. The van der Waals surface area contributed by atoms with Crippen molar-refractivity contribution in [1.29, 1.82) is 0 Å². The maximum atomic E-state index is 12.7. The Kier molecular flexibility index (Phi) is 7.97. The van der Waals surface area contributed by atoms with Gasteiger partial charge in [-0.1, -0.05) is 31.8 Å². The second kappa shape index (κ2) is 11.2. The highest BCUT2D eigenvalue weighted by Crippen LogP contribution is 2.20. The Morgan fingerprint density at radius 2 is 1.63 bits per heavy atom. The molecule has 0 radical (unpaired) electrons. The minimum absolute atomic E-state index is 0.209. The third kappa shape index (κ3) is 6.11. The number of hydrogen-bond donors (Lipinski definition) is 3. The molecule has 1 fully saturated rings. The molecule has 0 aliphatic carbocycles. The molecule has 3 aromatic rings. The van der Waals surface area contributed by atoms with Gasteiger partial charge in [0.25, 0.3) is 16.1 Å². The number of fused-ring (bicyclic) bond motifs is 1. The maximum absolute atomic E-state index is 12.7. The van der Waals surface area contributed by atoms with Crippen LogP contribution in [0, 0.1) is 17.8 Å². The Hall–Kier alpha value is -3.98. The number of benzene rings is 2. The zero-order chi connectivity index (χ0) is 27.4. The van der Waals surface area contributed by atoms with Crippen molar-refractivity contribution in [1.82, 2.24) is 14.0 Å². The van der Waals surface area contributed by atoms with Crippen LogP contribution in [0.1, 0.15) is 35.5 Å². The van der Waals surface area contributed by atoms with E-state index in [1.54, 1.807) is 26.1 Å². The van der Waals surface area contributed by atoms with Crippen molar-refractivity contribution < 1.29 is 23.1 Å². The Morgan fingerprint density at radius 1 is 1.00 bits per heavy atom. The summed E-state index contributed by atoms with van der Waals surface area (Å²) in [6.07, 6.45) is 1.55. The van der Waals surface area contributed by atoms with E-state index in [0.717, 1.165) is 22.2 Å². The van der Waals surface area contributed by atoms with E-state index in [2.05, 4.69) is 26.4 Å². The number of nitrogens with one attached hydrogen (secondary N) is 1. The van der Waals surface area contributed by atoms with E-state index in [9.17, 15) is 23.1 Å². The lowest BCUT2D eigenvalue weighted by atomic mass is 10.1. The molecular formula is C27H29N5O5S. The molecule has 2 aromatic carbocycles. The van der Waals surface area contributed by atoms with E-state index < -0.39 is 28.1 Å². The summed E-state index contributed by atoms with van der Waals surface area (Å²) in [6, 6.07) is 13.8. The zero-order valence-corrected chi connectivity index (χ0v) is 21.9. The quantitative estimate of drug-likeness (QED) is 0.391. The largest absolute Gasteiger partial charge is 0.480 e. The number of amides is 1. The smallest absolute Gasteiger partial charge is 0.322 e. The van der Waals surface area contributed by atoms with E-state index in [4.69, 9.17) is 5.73 Å². The number of hydrogen-bond acceptors (Lipinski definition) is 6. The molecule has 2 heterocycles. The van der Waals surface area contributed by atoms with Crippen molar-refractivity contribution in [2.45, 2.75) is 19.9 Å². The molecule has 4 rings (SSSR count). The fourth-order valence-electron chi connectivity index (χ4n) is 4.24. The number of pyridine rings is 1. The Labute approximate surface area is 221 Å². The van der Waals surface area contributed by atoms with Crippen molar-refractivity contribution >= 4 is 38.5 Å². The molecular weight excluding hydrogens is 506 g/mol. The van der Waals surface area contributed by atoms with E-state index in [0.29, 0.717) is 18.5 Å². The molecule has 0 saturated carbocycles. The summed E-state index contributed by atoms with van der Waals surface area (Å²) in [6.45, 7) is 4.74. The summed E-state index contributed by atoms with van der Waals surface area (Å²) >= 11 is 0. The minimum atomic E-state index is -3.91. The molecule has 11 heteroatoms. The first-order chi connectivity index (χ1) is 18.0. The molecule has 1 amide bonds. The van der Waals surface area contributed by atoms with Crippen LogP contribution in [0.5, 0.6) is 0 Å². The van der Waals surface area contributed by atoms with Gasteiger partial charge in [-0.05, 0) is 53.8 Å². The van der Waals surface area contributed by atoms with E-state index in [-0.39, 0.29) is 24.7 Å². The molecule has 1 unspecified atom stereocenters. The predicted molar refractivity (Wildman–Crippen MR) is 145 cm³/mol. The number of carboxylic acid groups (broad SMARTS) is 1. The molecule has 0 spiro atoms. The normalized spacial score (nSPS) is 15.2. The van der Waals surface area contributed by atoms with Gasteiger partial charge in [-0.25, -0.2) is 0 Å². The number of carbonyl (C=O) groups excluding carboxylic acids is 1. The Morgan fingerprint density at radius 3 is 2.24 bits per heavy atom. The minimum Gasteiger partial charge on any atom is -0.480 e. The monoisotopic (exact) mass is 535 g/mol. The lowest BCUT2D eigenvalue weighted by Crippen LogP contribution is -2.55. The van der Waals surface area contributed by atoms with E-state index in [1.807, 2.05) is 42.5 Å². The highest BCUT2D eigenvalue weighted by atomic mass is 32.2. The summed E-state index contributed by atoms with van der Waals surface area (Å²) in [5, 5.41) is 10.8. The number of aliphatic carboxylic acids is 1. The number of carbonyl (C=O) groups is 2. The highest BCUT2D eigenvalue weighted by molar-refractivity contribution is 7.87. The van der Waals surface area contributed by atoms with Gasteiger partial charge in [-0.15, -0.1) is 0 Å². The van der Waals surface area contributed by atoms with Gasteiger partial charge in [-0.2, -0.15) is 17.4 Å². The summed E-state index contributed by atoms with van der Waals surface area (Å²) in [5.74, 6) is 4.06. The number of nitrogens with zero attached hydrogens (tertiary/aromatic N) is 3. The van der Waals surface area contributed by atoms with Crippen LogP contribution in [0.25, 0.3) is 10.8 Å². The van der Waals surface area contributed by atoms with Crippen molar-refractivity contribution in [3.8, 4) is 11.8 Å². The number of carboxylic acids is 1. The highest BCUT2D eigenvalue weighted by Gasteiger charge is 2.32. The average molecular weight is 536 g/mol. The van der Waals surface area contributed by atoms with Crippen molar-refractivity contribution in [3.05, 3.63) is 71.5 Å². The van der Waals surface area contributed by atoms with Gasteiger partial charge in [0.05, 0.1) is 0 Å². The first kappa shape index (κ1) is 27.1.